The van der Waals surface area contributed by atoms with E-state index in [0.29, 0.717) is 6.54 Å². The summed E-state index contributed by atoms with van der Waals surface area (Å²) in [6.45, 7) is 11.2. The number of pyridine rings is 2. The molecule has 0 aliphatic carbocycles. The van der Waals surface area contributed by atoms with E-state index in [4.69, 9.17) is 0 Å². The predicted octanol–water partition coefficient (Wildman–Crippen LogP) is 2.62. The quantitative estimate of drug-likeness (QED) is 0.486. The summed E-state index contributed by atoms with van der Waals surface area (Å²) < 4.78 is 0. The summed E-state index contributed by atoms with van der Waals surface area (Å²) in [7, 11) is 0. The number of hydrogen-bond donors (Lipinski definition) is 1. The van der Waals surface area contributed by atoms with Gasteiger partial charge in [-0.05, 0) is 69.7 Å². The largest absolute Gasteiger partial charge is 0.315 e. The topological polar surface area (TPSA) is 77.0 Å². The molecule has 0 bridgehead atoms. The monoisotopic (exact) mass is 453 g/mol. The molecule has 0 atom stereocenters. The van der Waals surface area contributed by atoms with Gasteiger partial charge in [0.15, 0.2) is 0 Å². The van der Waals surface area contributed by atoms with Gasteiger partial charge in [-0.1, -0.05) is 17.3 Å². The van der Waals surface area contributed by atoms with E-state index in [1.807, 2.05) is 24.5 Å². The second-order valence-corrected chi connectivity index (χ2v) is 8.70. The number of hydrogen-bond acceptors (Lipinski definition) is 8. The van der Waals surface area contributed by atoms with Crippen molar-refractivity contribution >= 4 is 0 Å². The van der Waals surface area contributed by atoms with Crippen molar-refractivity contribution in [1.29, 1.82) is 0 Å². The zero-order chi connectivity index (χ0) is 23.0. The Bertz CT molecular complexity index is 762. The molecule has 33 heavy (non-hydrogen) atoms. The first kappa shape index (κ1) is 25.4. The van der Waals surface area contributed by atoms with Gasteiger partial charge in [0.1, 0.15) is 0 Å². The molecule has 0 radical (unpaired) electrons. The van der Waals surface area contributed by atoms with Gasteiger partial charge in [0.05, 0.1) is 17.9 Å². The van der Waals surface area contributed by atoms with Crippen LogP contribution in [0.25, 0.3) is 0 Å². The molecule has 2 aromatic heterocycles. The van der Waals surface area contributed by atoms with Crippen LogP contribution in [0.5, 0.6) is 0 Å². The second kappa shape index (κ2) is 15.6. The lowest BCUT2D eigenvalue weighted by Crippen LogP contribution is -2.40. The first-order valence-electron chi connectivity index (χ1n) is 12.3. The van der Waals surface area contributed by atoms with Crippen LogP contribution in [0.2, 0.25) is 0 Å². The minimum absolute atomic E-state index is 0.394. The summed E-state index contributed by atoms with van der Waals surface area (Å²) in [5.74, 6) is 0. The Morgan fingerprint density at radius 1 is 0.758 bits per heavy atom. The number of rotatable bonds is 8. The van der Waals surface area contributed by atoms with E-state index in [0.717, 1.165) is 103 Å². The van der Waals surface area contributed by atoms with E-state index in [1.165, 1.54) is 0 Å². The molecule has 180 valence electrons. The maximum absolute atomic E-state index is 10.6. The molecule has 8 nitrogen and oxygen atoms in total. The Kier molecular flexibility index (Phi) is 12.0. The summed E-state index contributed by atoms with van der Waals surface area (Å²) in [6.07, 6.45) is 6.78. The van der Waals surface area contributed by atoms with Crippen LogP contribution >= 0.6 is 0 Å². The molecule has 1 saturated heterocycles. The zero-order valence-corrected chi connectivity index (χ0v) is 19.8. The summed E-state index contributed by atoms with van der Waals surface area (Å²) in [5, 5.41) is 6.69. The average Bonchev–Trinajstić information content (AvgIpc) is 2.84. The number of nitroso groups, excluding NO2 is 1. The Labute approximate surface area is 198 Å². The highest BCUT2D eigenvalue weighted by Gasteiger charge is 2.13. The number of nitrogens with zero attached hydrogens (tertiary/aromatic N) is 6. The van der Waals surface area contributed by atoms with Crippen LogP contribution in [0.3, 0.4) is 0 Å². The first-order valence-corrected chi connectivity index (χ1v) is 12.3. The molecule has 3 rings (SSSR count). The molecule has 1 N–H and O–H groups in total. The Balaban J connectivity index is 1.58. The van der Waals surface area contributed by atoms with Crippen molar-refractivity contribution in [3.05, 3.63) is 65.1 Å². The standard InChI is InChI=1S/C25H39N7O/c33-29-13-6-15-30-17-7-18-31(22-24-8-1-3-11-27-24)19-14-26-10-5-16-32(21-20-30)23-25-9-2-4-12-28-25/h1-4,8-9,11-12,26H,5-7,10,13-23H2. The van der Waals surface area contributed by atoms with Crippen LogP contribution in [0.1, 0.15) is 30.7 Å². The van der Waals surface area contributed by atoms with Crippen LogP contribution in [0.4, 0.5) is 0 Å². The van der Waals surface area contributed by atoms with Gasteiger partial charge in [-0.3, -0.25) is 19.8 Å². The Morgan fingerprint density at radius 2 is 1.39 bits per heavy atom. The van der Waals surface area contributed by atoms with Crippen LogP contribution in [0, 0.1) is 4.91 Å². The molecule has 0 spiro atoms. The normalized spacial score (nSPS) is 18.5. The van der Waals surface area contributed by atoms with E-state index in [2.05, 4.69) is 59.4 Å². The van der Waals surface area contributed by atoms with Gasteiger partial charge in [-0.25, -0.2) is 0 Å². The molecular formula is C25H39N7O. The molecule has 0 aromatic carbocycles. The lowest BCUT2D eigenvalue weighted by atomic mass is 10.2. The van der Waals surface area contributed by atoms with Gasteiger partial charge in [0, 0.05) is 58.2 Å². The van der Waals surface area contributed by atoms with E-state index in [9.17, 15) is 4.91 Å². The third-order valence-electron chi connectivity index (χ3n) is 6.06. The van der Waals surface area contributed by atoms with Crippen molar-refractivity contribution in [2.24, 2.45) is 5.18 Å². The van der Waals surface area contributed by atoms with Crippen LogP contribution < -0.4 is 5.32 Å². The first-order chi connectivity index (χ1) is 16.3. The van der Waals surface area contributed by atoms with E-state index < -0.39 is 0 Å². The van der Waals surface area contributed by atoms with Gasteiger partial charge in [-0.15, -0.1) is 0 Å². The van der Waals surface area contributed by atoms with E-state index in [1.54, 1.807) is 0 Å². The minimum atomic E-state index is 0.394. The molecule has 1 aliphatic rings. The highest BCUT2D eigenvalue weighted by Crippen LogP contribution is 2.07. The van der Waals surface area contributed by atoms with Crippen LogP contribution in [-0.4, -0.2) is 90.1 Å². The van der Waals surface area contributed by atoms with Gasteiger partial charge < -0.3 is 10.2 Å². The fraction of sp³-hybridized carbons (Fsp3) is 0.600. The number of aromatic nitrogens is 2. The maximum atomic E-state index is 10.6. The third-order valence-corrected chi connectivity index (χ3v) is 6.06. The van der Waals surface area contributed by atoms with Crippen molar-refractivity contribution in [2.75, 3.05) is 65.4 Å². The molecule has 1 aliphatic heterocycles. The molecule has 3 heterocycles. The molecule has 0 saturated carbocycles. The summed E-state index contributed by atoms with van der Waals surface area (Å²) in [4.78, 5) is 27.1. The van der Waals surface area contributed by atoms with Crippen LogP contribution in [0.15, 0.2) is 54.0 Å². The fourth-order valence-corrected chi connectivity index (χ4v) is 4.27. The van der Waals surface area contributed by atoms with Crippen molar-refractivity contribution in [2.45, 2.75) is 32.4 Å². The molecule has 2 aromatic rings. The highest BCUT2D eigenvalue weighted by molar-refractivity contribution is 5.04. The van der Waals surface area contributed by atoms with E-state index in [-0.39, 0.29) is 0 Å². The lowest BCUT2D eigenvalue weighted by Gasteiger charge is -2.29. The third kappa shape index (κ3) is 10.5. The summed E-state index contributed by atoms with van der Waals surface area (Å²) in [6, 6.07) is 12.3. The predicted molar refractivity (Wildman–Crippen MR) is 133 cm³/mol. The lowest BCUT2D eigenvalue weighted by molar-refractivity contribution is 0.177. The number of nitrogens with one attached hydrogen (secondary N) is 1. The Morgan fingerprint density at radius 3 is 2.06 bits per heavy atom. The highest BCUT2D eigenvalue weighted by atomic mass is 16.3. The van der Waals surface area contributed by atoms with Crippen LogP contribution in [-0.2, 0) is 13.1 Å². The van der Waals surface area contributed by atoms with Crippen molar-refractivity contribution in [3.63, 3.8) is 0 Å². The van der Waals surface area contributed by atoms with Crippen molar-refractivity contribution in [1.82, 2.24) is 30.0 Å². The van der Waals surface area contributed by atoms with Gasteiger partial charge in [0.2, 0.25) is 0 Å². The molecule has 0 unspecified atom stereocenters. The maximum Gasteiger partial charge on any atom is 0.0823 e. The van der Waals surface area contributed by atoms with Crippen molar-refractivity contribution < 1.29 is 0 Å². The summed E-state index contributed by atoms with van der Waals surface area (Å²) >= 11 is 0. The molecule has 8 heteroatoms. The smallest absolute Gasteiger partial charge is 0.0823 e. The fourth-order valence-electron chi connectivity index (χ4n) is 4.27. The molecular weight excluding hydrogens is 414 g/mol. The SMILES string of the molecule is O=NCCCN1CCCN(Cc2ccccn2)CCNCCCN(Cc2ccccn2)CC1. The average molecular weight is 454 g/mol. The Hall–Kier alpha value is -2.26. The van der Waals surface area contributed by atoms with Gasteiger partial charge in [0.25, 0.3) is 0 Å². The summed E-state index contributed by atoms with van der Waals surface area (Å²) in [5.41, 5.74) is 2.24. The zero-order valence-electron chi connectivity index (χ0n) is 19.8. The molecule has 0 amide bonds. The molecule has 1 fully saturated rings. The van der Waals surface area contributed by atoms with Crippen molar-refractivity contribution in [3.8, 4) is 0 Å². The second-order valence-electron chi connectivity index (χ2n) is 8.70. The van der Waals surface area contributed by atoms with E-state index >= 15 is 0 Å². The van der Waals surface area contributed by atoms with Gasteiger partial charge in [-0.2, -0.15) is 4.91 Å². The van der Waals surface area contributed by atoms with Gasteiger partial charge >= 0.3 is 0 Å². The minimum Gasteiger partial charge on any atom is -0.315 e.